The summed E-state index contributed by atoms with van der Waals surface area (Å²) in [6.07, 6.45) is 1.90. The van der Waals surface area contributed by atoms with Gasteiger partial charge in [-0.3, -0.25) is 0 Å². The fraction of sp³-hybridized carbons (Fsp3) is 0.600. The maximum Gasteiger partial charge on any atom is 0.154 e. The molecule has 1 nitrogen and oxygen atoms in total. The molecule has 1 aromatic carbocycles. The predicted molar refractivity (Wildman–Crippen MR) is 75.7 cm³/mol. The van der Waals surface area contributed by atoms with Crippen molar-refractivity contribution in [3.8, 4) is 0 Å². The van der Waals surface area contributed by atoms with E-state index in [0.717, 1.165) is 24.3 Å². The molecule has 1 heterocycles. The van der Waals surface area contributed by atoms with E-state index in [1.807, 2.05) is 0 Å². The third-order valence-corrected chi connectivity index (χ3v) is 5.84. The van der Waals surface area contributed by atoms with Crippen molar-refractivity contribution in [2.24, 2.45) is 0 Å². The molecule has 0 unspecified atom stereocenters. The molecular weight excluding hydrogens is 228 g/mol. The summed E-state index contributed by atoms with van der Waals surface area (Å²) in [5.41, 5.74) is 1.65. The monoisotopic (exact) mass is 251 g/mol. The normalized spacial score (nSPS) is 25.9. The molecule has 0 radical (unpaired) electrons. The van der Waals surface area contributed by atoms with Gasteiger partial charge in [0.15, 0.2) is 4.90 Å². The lowest BCUT2D eigenvalue weighted by Crippen LogP contribution is -2.27. The summed E-state index contributed by atoms with van der Waals surface area (Å²) in [7, 11) is 0.376. The summed E-state index contributed by atoms with van der Waals surface area (Å²) in [5.74, 6) is 2.33. The maximum absolute atomic E-state index is 9.53. The minimum absolute atomic E-state index is 0.0485. The summed E-state index contributed by atoms with van der Waals surface area (Å²) >= 11 is 0. The average molecular weight is 251 g/mol. The standard InChI is InChI=1S/C15H23OS/c1-15(2,3)12-4-6-14(7-5-12)17-10-8-13(16)9-11-17/h4-7,13,16H,8-11H2,1-3H3/q+1. The number of aliphatic hydroxyl groups excluding tert-OH is 1. The number of rotatable bonds is 1. The van der Waals surface area contributed by atoms with Crippen molar-refractivity contribution in [1.82, 2.24) is 0 Å². The van der Waals surface area contributed by atoms with E-state index < -0.39 is 0 Å². The van der Waals surface area contributed by atoms with E-state index in [2.05, 4.69) is 45.0 Å². The molecule has 1 N–H and O–H groups in total. The Bertz CT molecular complexity index is 356. The van der Waals surface area contributed by atoms with Crippen molar-refractivity contribution in [3.05, 3.63) is 29.8 Å². The molecule has 0 aliphatic carbocycles. The lowest BCUT2D eigenvalue weighted by atomic mass is 9.87. The van der Waals surface area contributed by atoms with E-state index in [1.165, 1.54) is 10.5 Å². The first kappa shape index (κ1) is 13.0. The van der Waals surface area contributed by atoms with Crippen molar-refractivity contribution in [1.29, 1.82) is 0 Å². The van der Waals surface area contributed by atoms with Gasteiger partial charge in [-0.25, -0.2) is 0 Å². The quantitative estimate of drug-likeness (QED) is 0.760. The highest BCUT2D eigenvalue weighted by Gasteiger charge is 2.29. The number of benzene rings is 1. The Hall–Kier alpha value is -0.470. The zero-order chi connectivity index (χ0) is 12.5. The number of aliphatic hydroxyl groups is 1. The predicted octanol–water partition coefficient (Wildman–Crippen LogP) is 3.12. The first-order valence-electron chi connectivity index (χ1n) is 6.43. The van der Waals surface area contributed by atoms with Gasteiger partial charge in [0, 0.05) is 23.7 Å². The smallest absolute Gasteiger partial charge is 0.154 e. The Labute approximate surface area is 108 Å². The van der Waals surface area contributed by atoms with Gasteiger partial charge in [0.1, 0.15) is 11.5 Å². The molecule has 17 heavy (non-hydrogen) atoms. The molecule has 1 saturated heterocycles. The molecule has 0 bridgehead atoms. The zero-order valence-corrected chi connectivity index (χ0v) is 11.9. The summed E-state index contributed by atoms with van der Waals surface area (Å²) in [5, 5.41) is 9.53. The highest BCUT2D eigenvalue weighted by molar-refractivity contribution is 7.96. The second kappa shape index (κ2) is 5.03. The third kappa shape index (κ3) is 3.26. The Morgan fingerprint density at radius 2 is 1.59 bits per heavy atom. The van der Waals surface area contributed by atoms with Gasteiger partial charge in [-0.1, -0.05) is 32.9 Å². The molecule has 1 aliphatic rings. The molecule has 0 atom stereocenters. The largest absolute Gasteiger partial charge is 0.393 e. The van der Waals surface area contributed by atoms with E-state index in [9.17, 15) is 5.11 Å². The summed E-state index contributed by atoms with van der Waals surface area (Å²) in [6, 6.07) is 9.13. The van der Waals surface area contributed by atoms with Crippen molar-refractivity contribution < 1.29 is 5.11 Å². The summed E-state index contributed by atoms with van der Waals surface area (Å²) in [6.45, 7) is 6.75. The fourth-order valence-corrected chi connectivity index (χ4v) is 4.50. The highest BCUT2D eigenvalue weighted by atomic mass is 32.2. The summed E-state index contributed by atoms with van der Waals surface area (Å²) < 4.78 is 0. The molecule has 1 fully saturated rings. The van der Waals surface area contributed by atoms with E-state index in [0.29, 0.717) is 10.9 Å². The molecule has 94 valence electrons. The van der Waals surface area contributed by atoms with Crippen LogP contribution < -0.4 is 0 Å². The second-order valence-corrected chi connectivity index (χ2v) is 8.18. The van der Waals surface area contributed by atoms with Crippen molar-refractivity contribution in [2.45, 2.75) is 50.0 Å². The van der Waals surface area contributed by atoms with Crippen molar-refractivity contribution >= 4 is 10.9 Å². The molecule has 1 aromatic rings. The van der Waals surface area contributed by atoms with E-state index >= 15 is 0 Å². The Morgan fingerprint density at radius 3 is 2.06 bits per heavy atom. The average Bonchev–Trinajstić information content (AvgIpc) is 2.29. The van der Waals surface area contributed by atoms with Crippen LogP contribution in [0.2, 0.25) is 0 Å². The van der Waals surface area contributed by atoms with Crippen LogP contribution in [0.4, 0.5) is 0 Å². The zero-order valence-electron chi connectivity index (χ0n) is 11.1. The SMILES string of the molecule is CC(C)(C)c1ccc([S+]2CCC(O)CC2)cc1. The van der Waals surface area contributed by atoms with Crippen LogP contribution in [-0.4, -0.2) is 22.7 Å². The second-order valence-electron chi connectivity index (χ2n) is 5.91. The van der Waals surface area contributed by atoms with Crippen LogP contribution in [0.15, 0.2) is 29.2 Å². The number of hydrogen-bond donors (Lipinski definition) is 1. The molecule has 0 amide bonds. The first-order valence-corrected chi connectivity index (χ1v) is 7.99. The van der Waals surface area contributed by atoms with Crippen LogP contribution in [0.1, 0.15) is 39.2 Å². The molecule has 0 saturated carbocycles. The van der Waals surface area contributed by atoms with E-state index in [1.54, 1.807) is 0 Å². The third-order valence-electron chi connectivity index (χ3n) is 3.45. The van der Waals surface area contributed by atoms with E-state index in [-0.39, 0.29) is 11.5 Å². The Balaban J connectivity index is 2.08. The Kier molecular flexibility index (Phi) is 3.84. The van der Waals surface area contributed by atoms with Gasteiger partial charge in [-0.2, -0.15) is 0 Å². The minimum atomic E-state index is -0.0485. The van der Waals surface area contributed by atoms with Gasteiger partial charge >= 0.3 is 0 Å². The molecule has 2 heteroatoms. The highest BCUT2D eigenvalue weighted by Crippen LogP contribution is 2.26. The van der Waals surface area contributed by atoms with Crippen molar-refractivity contribution in [3.63, 3.8) is 0 Å². The van der Waals surface area contributed by atoms with Crippen LogP contribution in [0.25, 0.3) is 0 Å². The van der Waals surface area contributed by atoms with Gasteiger partial charge in [0.25, 0.3) is 0 Å². The van der Waals surface area contributed by atoms with Gasteiger partial charge < -0.3 is 5.11 Å². The minimum Gasteiger partial charge on any atom is -0.393 e. The molecule has 0 spiro atoms. The maximum atomic E-state index is 9.53. The lowest BCUT2D eigenvalue weighted by Gasteiger charge is -2.20. The van der Waals surface area contributed by atoms with Crippen LogP contribution in [0, 0.1) is 0 Å². The molecular formula is C15H23OS+. The molecule has 2 rings (SSSR count). The summed E-state index contributed by atoms with van der Waals surface area (Å²) in [4.78, 5) is 1.48. The Morgan fingerprint density at radius 1 is 1.06 bits per heavy atom. The van der Waals surface area contributed by atoms with Crippen LogP contribution in [0.3, 0.4) is 0 Å². The van der Waals surface area contributed by atoms with Gasteiger partial charge in [-0.05, 0) is 23.1 Å². The first-order chi connectivity index (χ1) is 7.97. The van der Waals surface area contributed by atoms with E-state index in [4.69, 9.17) is 0 Å². The van der Waals surface area contributed by atoms with Crippen LogP contribution in [-0.2, 0) is 16.3 Å². The van der Waals surface area contributed by atoms with Crippen LogP contribution in [0.5, 0.6) is 0 Å². The lowest BCUT2D eigenvalue weighted by molar-refractivity contribution is 0.165. The van der Waals surface area contributed by atoms with Gasteiger partial charge in [0.2, 0.25) is 0 Å². The molecule has 1 aliphatic heterocycles. The fourth-order valence-electron chi connectivity index (χ4n) is 2.19. The van der Waals surface area contributed by atoms with Crippen molar-refractivity contribution in [2.75, 3.05) is 11.5 Å². The van der Waals surface area contributed by atoms with Crippen LogP contribution >= 0.6 is 0 Å². The molecule has 0 aromatic heterocycles. The topological polar surface area (TPSA) is 20.2 Å². The number of hydrogen-bond acceptors (Lipinski definition) is 1. The van der Waals surface area contributed by atoms with Gasteiger partial charge in [0.05, 0.1) is 6.10 Å². The van der Waals surface area contributed by atoms with Gasteiger partial charge in [-0.15, -0.1) is 0 Å².